The number of hydrogen-bond donors (Lipinski definition) is 1. The molecule has 0 bridgehead atoms. The Kier molecular flexibility index (Phi) is 3.49. The van der Waals surface area contributed by atoms with E-state index < -0.39 is 0 Å². The van der Waals surface area contributed by atoms with Crippen LogP contribution < -0.4 is 0 Å². The molecule has 0 spiro atoms. The zero-order chi connectivity index (χ0) is 11.5. The summed E-state index contributed by atoms with van der Waals surface area (Å²) in [6.07, 6.45) is 2.19. The summed E-state index contributed by atoms with van der Waals surface area (Å²) in [5, 5.41) is 10.1. The lowest BCUT2D eigenvalue weighted by Gasteiger charge is -2.21. The topological polar surface area (TPSA) is 40.5 Å². The lowest BCUT2D eigenvalue weighted by Crippen LogP contribution is -2.34. The van der Waals surface area contributed by atoms with Crippen LogP contribution in [0.5, 0.6) is 5.75 Å². The van der Waals surface area contributed by atoms with Crippen molar-refractivity contribution < 1.29 is 9.90 Å². The highest BCUT2D eigenvalue weighted by atomic mass is 79.9. The highest BCUT2D eigenvalue weighted by Crippen LogP contribution is 2.28. The van der Waals surface area contributed by atoms with Gasteiger partial charge in [-0.25, -0.2) is 0 Å². The van der Waals surface area contributed by atoms with E-state index in [9.17, 15) is 9.90 Å². The van der Waals surface area contributed by atoms with Crippen molar-refractivity contribution in [3.8, 4) is 5.75 Å². The first-order valence-electron chi connectivity index (χ1n) is 5.38. The van der Waals surface area contributed by atoms with E-state index in [0.29, 0.717) is 11.6 Å². The van der Waals surface area contributed by atoms with Gasteiger partial charge in [0.2, 0.25) is 0 Å². The number of halogens is 1. The first-order valence-corrected chi connectivity index (χ1v) is 6.50. The molecule has 1 aliphatic carbocycles. The second-order valence-electron chi connectivity index (χ2n) is 3.97. The predicted molar refractivity (Wildman–Crippen MR) is 66.0 cm³/mol. The standard InChI is InChI=1S/C12H14BrNO2/c13-6-7-14(10-4-5-10)12(16)9-2-1-3-11(15)8-9/h1-3,8,10,15H,4-7H2. The van der Waals surface area contributed by atoms with Crippen LogP contribution in [-0.2, 0) is 0 Å². The van der Waals surface area contributed by atoms with Gasteiger partial charge in [-0.3, -0.25) is 4.79 Å². The summed E-state index contributed by atoms with van der Waals surface area (Å²) in [4.78, 5) is 14.0. The minimum absolute atomic E-state index is 0.0119. The second kappa shape index (κ2) is 4.87. The van der Waals surface area contributed by atoms with Crippen molar-refractivity contribution in [2.45, 2.75) is 18.9 Å². The monoisotopic (exact) mass is 283 g/mol. The number of benzene rings is 1. The van der Waals surface area contributed by atoms with Gasteiger partial charge in [0, 0.05) is 23.5 Å². The quantitative estimate of drug-likeness (QED) is 0.862. The summed E-state index contributed by atoms with van der Waals surface area (Å²) in [6, 6.07) is 6.93. The molecule has 0 heterocycles. The number of phenols is 1. The Hall–Kier alpha value is -1.03. The molecule has 0 aliphatic heterocycles. The van der Waals surface area contributed by atoms with Crippen LogP contribution in [0.2, 0.25) is 0 Å². The molecule has 86 valence electrons. The summed E-state index contributed by atoms with van der Waals surface area (Å²) in [7, 11) is 0. The van der Waals surface area contributed by atoms with Crippen molar-refractivity contribution in [1.82, 2.24) is 4.90 Å². The normalized spacial score (nSPS) is 14.8. The van der Waals surface area contributed by atoms with Gasteiger partial charge in [-0.1, -0.05) is 22.0 Å². The van der Waals surface area contributed by atoms with Crippen LogP contribution in [0.1, 0.15) is 23.2 Å². The molecule has 0 unspecified atom stereocenters. The van der Waals surface area contributed by atoms with Gasteiger partial charge < -0.3 is 10.0 Å². The van der Waals surface area contributed by atoms with E-state index in [1.54, 1.807) is 18.2 Å². The third kappa shape index (κ3) is 2.55. The largest absolute Gasteiger partial charge is 0.508 e. The highest BCUT2D eigenvalue weighted by molar-refractivity contribution is 9.09. The molecule has 16 heavy (non-hydrogen) atoms. The number of carbonyl (C=O) groups is 1. The lowest BCUT2D eigenvalue weighted by molar-refractivity contribution is 0.0754. The molecule has 1 amide bonds. The number of hydrogen-bond acceptors (Lipinski definition) is 2. The Balaban J connectivity index is 2.15. The molecular weight excluding hydrogens is 270 g/mol. The van der Waals surface area contributed by atoms with E-state index in [-0.39, 0.29) is 11.7 Å². The van der Waals surface area contributed by atoms with Gasteiger partial charge in [-0.2, -0.15) is 0 Å². The maximum atomic E-state index is 12.2. The Morgan fingerprint density at radius 2 is 2.25 bits per heavy atom. The molecule has 4 heteroatoms. The van der Waals surface area contributed by atoms with Crippen LogP contribution in [0.4, 0.5) is 0 Å². The van der Waals surface area contributed by atoms with Crippen molar-refractivity contribution >= 4 is 21.8 Å². The van der Waals surface area contributed by atoms with Crippen LogP contribution >= 0.6 is 15.9 Å². The third-order valence-electron chi connectivity index (χ3n) is 2.67. The highest BCUT2D eigenvalue weighted by Gasteiger charge is 2.32. The first-order chi connectivity index (χ1) is 7.72. The van der Waals surface area contributed by atoms with Crippen molar-refractivity contribution in [3.63, 3.8) is 0 Å². The SMILES string of the molecule is O=C(c1cccc(O)c1)N(CCBr)C1CC1. The molecule has 3 nitrogen and oxygen atoms in total. The van der Waals surface area contributed by atoms with Gasteiger partial charge in [0.05, 0.1) is 0 Å². The van der Waals surface area contributed by atoms with E-state index in [1.165, 1.54) is 6.07 Å². The minimum Gasteiger partial charge on any atom is -0.508 e. The zero-order valence-corrected chi connectivity index (χ0v) is 10.5. The minimum atomic E-state index is 0.0119. The van der Waals surface area contributed by atoms with Crippen LogP contribution in [0.15, 0.2) is 24.3 Å². The molecule has 0 saturated heterocycles. The number of amides is 1. The Morgan fingerprint density at radius 3 is 2.81 bits per heavy atom. The predicted octanol–water partition coefficient (Wildman–Crippen LogP) is 2.39. The molecule has 1 aromatic rings. The van der Waals surface area contributed by atoms with Gasteiger partial charge in [0.25, 0.3) is 5.91 Å². The van der Waals surface area contributed by atoms with Crippen molar-refractivity contribution in [3.05, 3.63) is 29.8 Å². The average molecular weight is 284 g/mol. The molecule has 1 N–H and O–H groups in total. The molecular formula is C12H14BrNO2. The second-order valence-corrected chi connectivity index (χ2v) is 4.76. The summed E-state index contributed by atoms with van der Waals surface area (Å²) in [6.45, 7) is 0.721. The van der Waals surface area contributed by atoms with Crippen molar-refractivity contribution in [2.75, 3.05) is 11.9 Å². The molecule has 0 atom stereocenters. The maximum Gasteiger partial charge on any atom is 0.254 e. The average Bonchev–Trinajstić information content (AvgIpc) is 3.09. The molecule has 0 radical (unpaired) electrons. The summed E-state index contributed by atoms with van der Waals surface area (Å²) in [5.74, 6) is 0.151. The van der Waals surface area contributed by atoms with Crippen LogP contribution in [-0.4, -0.2) is 33.8 Å². The van der Waals surface area contributed by atoms with Crippen LogP contribution in [0.25, 0.3) is 0 Å². The number of phenolic OH excluding ortho intramolecular Hbond substituents is 1. The number of alkyl halides is 1. The van der Waals surface area contributed by atoms with Gasteiger partial charge in [0.15, 0.2) is 0 Å². The smallest absolute Gasteiger partial charge is 0.254 e. The number of rotatable bonds is 4. The van der Waals surface area contributed by atoms with Gasteiger partial charge in [-0.05, 0) is 31.0 Å². The lowest BCUT2D eigenvalue weighted by atomic mass is 10.2. The zero-order valence-electron chi connectivity index (χ0n) is 8.90. The summed E-state index contributed by atoms with van der Waals surface area (Å²) >= 11 is 3.36. The fraction of sp³-hybridized carbons (Fsp3) is 0.417. The molecule has 2 rings (SSSR count). The Labute approximate surface area is 103 Å². The van der Waals surface area contributed by atoms with Crippen LogP contribution in [0.3, 0.4) is 0 Å². The van der Waals surface area contributed by atoms with Gasteiger partial charge >= 0.3 is 0 Å². The molecule has 1 fully saturated rings. The first kappa shape index (κ1) is 11.5. The molecule has 0 aromatic heterocycles. The van der Waals surface area contributed by atoms with Crippen molar-refractivity contribution in [1.29, 1.82) is 0 Å². The number of carbonyl (C=O) groups excluding carboxylic acids is 1. The van der Waals surface area contributed by atoms with Gasteiger partial charge in [-0.15, -0.1) is 0 Å². The number of nitrogens with zero attached hydrogens (tertiary/aromatic N) is 1. The third-order valence-corrected chi connectivity index (χ3v) is 3.02. The maximum absolute atomic E-state index is 12.2. The summed E-state index contributed by atoms with van der Waals surface area (Å²) in [5.41, 5.74) is 0.563. The molecule has 1 saturated carbocycles. The van der Waals surface area contributed by atoms with Crippen LogP contribution in [0, 0.1) is 0 Å². The van der Waals surface area contributed by atoms with E-state index in [2.05, 4.69) is 15.9 Å². The molecule has 1 aliphatic rings. The van der Waals surface area contributed by atoms with E-state index in [4.69, 9.17) is 0 Å². The van der Waals surface area contributed by atoms with Gasteiger partial charge in [0.1, 0.15) is 5.75 Å². The van der Waals surface area contributed by atoms with E-state index in [0.717, 1.165) is 24.7 Å². The number of aromatic hydroxyl groups is 1. The van der Waals surface area contributed by atoms with E-state index >= 15 is 0 Å². The Bertz CT molecular complexity index is 390. The van der Waals surface area contributed by atoms with Crippen molar-refractivity contribution in [2.24, 2.45) is 0 Å². The summed E-state index contributed by atoms with van der Waals surface area (Å²) < 4.78 is 0. The fourth-order valence-electron chi connectivity index (χ4n) is 1.73. The van der Waals surface area contributed by atoms with E-state index in [1.807, 2.05) is 4.90 Å². The molecule has 1 aromatic carbocycles. The Morgan fingerprint density at radius 1 is 1.50 bits per heavy atom. The fourth-order valence-corrected chi connectivity index (χ4v) is 2.11.